The first-order valence-corrected chi connectivity index (χ1v) is 6.72. The molecule has 2 N–H and O–H groups in total. The normalized spacial score (nSPS) is 12.9. The van der Waals surface area contributed by atoms with Crippen molar-refractivity contribution in [1.29, 1.82) is 0 Å². The second-order valence-electron chi connectivity index (χ2n) is 4.93. The summed E-state index contributed by atoms with van der Waals surface area (Å²) < 4.78 is 18.9. The Kier molecular flexibility index (Phi) is 3.48. The fourth-order valence-electron chi connectivity index (χ4n) is 2.36. The lowest BCUT2D eigenvalue weighted by Gasteiger charge is -2.21. The molecule has 4 nitrogen and oxygen atoms in total. The van der Waals surface area contributed by atoms with Gasteiger partial charge in [-0.15, -0.1) is 0 Å². The van der Waals surface area contributed by atoms with Crippen LogP contribution in [0.15, 0.2) is 36.4 Å². The van der Waals surface area contributed by atoms with Gasteiger partial charge in [0, 0.05) is 12.2 Å². The van der Waals surface area contributed by atoms with Crippen LogP contribution < -0.4 is 15.4 Å². The Hall–Kier alpha value is -2.56. The number of nitrogens with one attached hydrogen (secondary N) is 2. The first kappa shape index (κ1) is 13.4. The van der Waals surface area contributed by atoms with Crippen LogP contribution in [0.25, 0.3) is 0 Å². The number of rotatable bonds is 2. The van der Waals surface area contributed by atoms with Crippen molar-refractivity contribution in [3.05, 3.63) is 53.3 Å². The van der Waals surface area contributed by atoms with Gasteiger partial charge in [0.05, 0.1) is 11.3 Å². The SMILES string of the molecule is Cc1cc(F)cc(NC(=O)c2cccc3c2OCCN3)c1. The Morgan fingerprint density at radius 2 is 2.19 bits per heavy atom. The summed E-state index contributed by atoms with van der Waals surface area (Å²) in [5, 5.41) is 5.88. The Morgan fingerprint density at radius 3 is 3.00 bits per heavy atom. The molecule has 1 aliphatic rings. The maximum atomic E-state index is 13.4. The fraction of sp³-hybridized carbons (Fsp3) is 0.188. The fourth-order valence-corrected chi connectivity index (χ4v) is 2.36. The quantitative estimate of drug-likeness (QED) is 0.891. The molecule has 1 heterocycles. The second-order valence-corrected chi connectivity index (χ2v) is 4.93. The molecular weight excluding hydrogens is 271 g/mol. The van der Waals surface area contributed by atoms with Crippen LogP contribution in [-0.2, 0) is 0 Å². The second kappa shape index (κ2) is 5.44. The third-order valence-electron chi connectivity index (χ3n) is 3.22. The van der Waals surface area contributed by atoms with E-state index in [1.165, 1.54) is 12.1 Å². The van der Waals surface area contributed by atoms with E-state index in [-0.39, 0.29) is 11.7 Å². The van der Waals surface area contributed by atoms with Crippen molar-refractivity contribution >= 4 is 17.3 Å². The highest BCUT2D eigenvalue weighted by Crippen LogP contribution is 2.31. The summed E-state index contributed by atoms with van der Waals surface area (Å²) in [5.74, 6) is -0.159. The monoisotopic (exact) mass is 286 g/mol. The molecule has 3 rings (SSSR count). The van der Waals surface area contributed by atoms with Gasteiger partial charge in [0.25, 0.3) is 5.91 Å². The molecule has 2 aromatic rings. The molecule has 2 aromatic carbocycles. The summed E-state index contributed by atoms with van der Waals surface area (Å²) in [6.45, 7) is 2.99. The van der Waals surface area contributed by atoms with Gasteiger partial charge in [-0.1, -0.05) is 6.07 Å². The van der Waals surface area contributed by atoms with Crippen molar-refractivity contribution in [3.63, 3.8) is 0 Å². The number of anilines is 2. The molecule has 0 spiro atoms. The molecule has 0 saturated carbocycles. The number of carbonyl (C=O) groups excluding carboxylic acids is 1. The number of benzene rings is 2. The van der Waals surface area contributed by atoms with Crippen LogP contribution in [0.1, 0.15) is 15.9 Å². The van der Waals surface area contributed by atoms with Gasteiger partial charge >= 0.3 is 0 Å². The van der Waals surface area contributed by atoms with Crippen molar-refractivity contribution in [1.82, 2.24) is 0 Å². The third kappa shape index (κ3) is 2.81. The lowest BCUT2D eigenvalue weighted by molar-refractivity contribution is 0.102. The van der Waals surface area contributed by atoms with Gasteiger partial charge < -0.3 is 15.4 Å². The molecule has 0 aliphatic carbocycles. The Bertz CT molecular complexity index is 680. The number of aryl methyl sites for hydroxylation is 1. The van der Waals surface area contributed by atoms with E-state index < -0.39 is 0 Å². The molecule has 0 atom stereocenters. The summed E-state index contributed by atoms with van der Waals surface area (Å²) in [5.41, 5.74) is 2.41. The molecule has 0 fully saturated rings. The van der Waals surface area contributed by atoms with Gasteiger partial charge in [-0.25, -0.2) is 4.39 Å². The molecule has 0 bridgehead atoms. The number of fused-ring (bicyclic) bond motifs is 1. The molecule has 21 heavy (non-hydrogen) atoms. The van der Waals surface area contributed by atoms with E-state index in [4.69, 9.17) is 4.74 Å². The van der Waals surface area contributed by atoms with Gasteiger partial charge in [0.1, 0.15) is 12.4 Å². The number of hydrogen-bond donors (Lipinski definition) is 2. The first-order valence-electron chi connectivity index (χ1n) is 6.72. The molecule has 0 unspecified atom stereocenters. The van der Waals surface area contributed by atoms with Crippen LogP contribution in [0.4, 0.5) is 15.8 Å². The average Bonchev–Trinajstić information content (AvgIpc) is 2.45. The van der Waals surface area contributed by atoms with E-state index in [0.29, 0.717) is 30.2 Å². The van der Waals surface area contributed by atoms with E-state index in [1.807, 2.05) is 6.07 Å². The number of hydrogen-bond acceptors (Lipinski definition) is 3. The number of ether oxygens (including phenoxy) is 1. The smallest absolute Gasteiger partial charge is 0.259 e. The topological polar surface area (TPSA) is 50.4 Å². The van der Waals surface area contributed by atoms with Crippen LogP contribution >= 0.6 is 0 Å². The maximum Gasteiger partial charge on any atom is 0.259 e. The first-order chi connectivity index (χ1) is 10.1. The average molecular weight is 286 g/mol. The minimum Gasteiger partial charge on any atom is -0.489 e. The Morgan fingerprint density at radius 1 is 1.33 bits per heavy atom. The highest BCUT2D eigenvalue weighted by atomic mass is 19.1. The van der Waals surface area contributed by atoms with E-state index in [0.717, 1.165) is 11.3 Å². The van der Waals surface area contributed by atoms with Gasteiger partial charge in [-0.3, -0.25) is 4.79 Å². The lowest BCUT2D eigenvalue weighted by Crippen LogP contribution is -2.21. The van der Waals surface area contributed by atoms with E-state index >= 15 is 0 Å². The van der Waals surface area contributed by atoms with Crippen molar-refractivity contribution < 1.29 is 13.9 Å². The van der Waals surface area contributed by atoms with Crippen molar-refractivity contribution in [3.8, 4) is 5.75 Å². The van der Waals surface area contributed by atoms with Gasteiger partial charge in [0.15, 0.2) is 5.75 Å². The Labute approximate surface area is 121 Å². The van der Waals surface area contributed by atoms with Gasteiger partial charge in [-0.05, 0) is 42.8 Å². The molecule has 1 amide bonds. The van der Waals surface area contributed by atoms with Crippen LogP contribution in [0, 0.1) is 12.7 Å². The molecule has 0 radical (unpaired) electrons. The van der Waals surface area contributed by atoms with E-state index in [9.17, 15) is 9.18 Å². The van der Waals surface area contributed by atoms with Crippen LogP contribution in [0.5, 0.6) is 5.75 Å². The molecule has 5 heteroatoms. The summed E-state index contributed by atoms with van der Waals surface area (Å²) in [4.78, 5) is 12.4. The molecule has 0 saturated heterocycles. The van der Waals surface area contributed by atoms with Crippen LogP contribution in [-0.4, -0.2) is 19.1 Å². The van der Waals surface area contributed by atoms with Gasteiger partial charge in [-0.2, -0.15) is 0 Å². The van der Waals surface area contributed by atoms with Crippen molar-refractivity contribution in [2.75, 3.05) is 23.8 Å². The summed E-state index contributed by atoms with van der Waals surface area (Å²) in [6, 6.07) is 9.75. The van der Waals surface area contributed by atoms with Crippen LogP contribution in [0.2, 0.25) is 0 Å². The highest BCUT2D eigenvalue weighted by Gasteiger charge is 2.19. The predicted molar refractivity (Wildman–Crippen MR) is 79.5 cm³/mol. The van der Waals surface area contributed by atoms with E-state index in [2.05, 4.69) is 10.6 Å². The molecule has 1 aliphatic heterocycles. The maximum absolute atomic E-state index is 13.4. The number of para-hydroxylation sites is 1. The minimum absolute atomic E-state index is 0.319. The zero-order valence-electron chi connectivity index (χ0n) is 11.6. The van der Waals surface area contributed by atoms with Crippen LogP contribution in [0.3, 0.4) is 0 Å². The molecule has 108 valence electrons. The molecular formula is C16H15FN2O2. The third-order valence-corrected chi connectivity index (χ3v) is 3.22. The van der Waals surface area contributed by atoms with Gasteiger partial charge in [0.2, 0.25) is 0 Å². The predicted octanol–water partition coefficient (Wildman–Crippen LogP) is 3.19. The number of amides is 1. The molecule has 0 aromatic heterocycles. The zero-order valence-corrected chi connectivity index (χ0v) is 11.6. The summed E-state index contributed by atoms with van der Waals surface area (Å²) >= 11 is 0. The number of halogens is 1. The summed E-state index contributed by atoms with van der Waals surface area (Å²) in [7, 11) is 0. The Balaban J connectivity index is 1.89. The standard InChI is InChI=1S/C16H15FN2O2/c1-10-7-11(17)9-12(8-10)19-16(20)13-3-2-4-14-15(13)21-6-5-18-14/h2-4,7-9,18H,5-6H2,1H3,(H,19,20). The highest BCUT2D eigenvalue weighted by molar-refractivity contribution is 6.07. The van der Waals surface area contributed by atoms with Crippen molar-refractivity contribution in [2.24, 2.45) is 0 Å². The van der Waals surface area contributed by atoms with Crippen molar-refractivity contribution in [2.45, 2.75) is 6.92 Å². The largest absolute Gasteiger partial charge is 0.489 e. The minimum atomic E-state index is -0.377. The summed E-state index contributed by atoms with van der Waals surface area (Å²) in [6.07, 6.45) is 0. The van der Waals surface area contributed by atoms with E-state index in [1.54, 1.807) is 25.1 Å². The lowest BCUT2D eigenvalue weighted by atomic mass is 10.1. The zero-order chi connectivity index (χ0) is 14.8. The number of carbonyl (C=O) groups is 1.